The van der Waals surface area contributed by atoms with Crippen LogP contribution in [0.5, 0.6) is 0 Å². The minimum absolute atomic E-state index is 0.573. The summed E-state index contributed by atoms with van der Waals surface area (Å²) in [6.45, 7) is 1.16. The van der Waals surface area contributed by atoms with Crippen LogP contribution in [0.25, 0.3) is 0 Å². The van der Waals surface area contributed by atoms with Crippen LogP contribution in [0.3, 0.4) is 0 Å². The molecule has 1 unspecified atom stereocenters. The highest BCUT2D eigenvalue weighted by molar-refractivity contribution is 9.11. The van der Waals surface area contributed by atoms with Crippen molar-refractivity contribution < 1.29 is 0 Å². The third-order valence-corrected chi connectivity index (χ3v) is 4.96. The van der Waals surface area contributed by atoms with Crippen LogP contribution in [0.1, 0.15) is 17.3 Å². The summed E-state index contributed by atoms with van der Waals surface area (Å²) >= 11 is 7.40. The van der Waals surface area contributed by atoms with Gasteiger partial charge in [0, 0.05) is 10.6 Å². The number of hydrogen-bond donors (Lipinski definition) is 1. The summed E-state index contributed by atoms with van der Waals surface area (Å²) in [7, 11) is 0. The highest BCUT2D eigenvalue weighted by atomic mass is 79.9. The summed E-state index contributed by atoms with van der Waals surface area (Å²) in [4.78, 5) is 1.46. The van der Waals surface area contributed by atoms with E-state index in [1.165, 1.54) is 26.6 Å². The first-order chi connectivity index (χ1) is 6.36. The van der Waals surface area contributed by atoms with E-state index in [1.54, 1.807) is 0 Å². The predicted molar refractivity (Wildman–Crippen MR) is 64.7 cm³/mol. The van der Waals surface area contributed by atoms with E-state index in [4.69, 9.17) is 0 Å². The Morgan fingerprint density at radius 2 is 2.38 bits per heavy atom. The molecule has 0 aliphatic carbocycles. The van der Waals surface area contributed by atoms with E-state index in [1.807, 2.05) is 11.3 Å². The van der Waals surface area contributed by atoms with Crippen LogP contribution in [-0.2, 0) is 0 Å². The second kappa shape index (κ2) is 4.82. The second-order valence-electron chi connectivity index (χ2n) is 3.08. The van der Waals surface area contributed by atoms with Gasteiger partial charge in [0.15, 0.2) is 0 Å². The van der Waals surface area contributed by atoms with Gasteiger partial charge in [0.2, 0.25) is 0 Å². The lowest BCUT2D eigenvalue weighted by atomic mass is 10.2. The maximum Gasteiger partial charge on any atom is 0.0701 e. The third kappa shape index (κ3) is 2.72. The molecule has 1 aliphatic rings. The molecule has 0 bridgehead atoms. The summed E-state index contributed by atoms with van der Waals surface area (Å²) in [5.41, 5.74) is 0. The predicted octanol–water partition coefficient (Wildman–Crippen LogP) is 3.28. The molecule has 2 heterocycles. The van der Waals surface area contributed by atoms with E-state index in [2.05, 4.69) is 45.1 Å². The first-order valence-electron chi connectivity index (χ1n) is 4.42. The molecular weight excluding hydrogens is 266 g/mol. The molecule has 1 aromatic rings. The van der Waals surface area contributed by atoms with Gasteiger partial charge in [-0.25, -0.2) is 0 Å². The Kier molecular flexibility index (Phi) is 3.72. The van der Waals surface area contributed by atoms with E-state index in [-0.39, 0.29) is 0 Å². The van der Waals surface area contributed by atoms with E-state index in [0.717, 1.165) is 6.54 Å². The van der Waals surface area contributed by atoms with Crippen molar-refractivity contribution in [1.82, 2.24) is 5.32 Å². The van der Waals surface area contributed by atoms with Crippen molar-refractivity contribution in [2.24, 2.45) is 0 Å². The Balaban J connectivity index is 2.06. The van der Waals surface area contributed by atoms with Crippen molar-refractivity contribution in [2.45, 2.75) is 12.5 Å². The SMILES string of the molecule is Brc1ccc(C2CSCCCN2)s1. The minimum Gasteiger partial charge on any atom is -0.309 e. The highest BCUT2D eigenvalue weighted by Crippen LogP contribution is 2.30. The van der Waals surface area contributed by atoms with E-state index < -0.39 is 0 Å². The Hall–Kier alpha value is 0.490. The number of thioether (sulfide) groups is 1. The van der Waals surface area contributed by atoms with Crippen molar-refractivity contribution >= 4 is 39.0 Å². The molecule has 2 rings (SSSR count). The van der Waals surface area contributed by atoms with Crippen molar-refractivity contribution in [2.75, 3.05) is 18.1 Å². The van der Waals surface area contributed by atoms with Gasteiger partial charge in [-0.3, -0.25) is 0 Å². The van der Waals surface area contributed by atoms with Gasteiger partial charge in [-0.2, -0.15) is 11.8 Å². The third-order valence-electron chi connectivity index (χ3n) is 2.08. The zero-order valence-corrected chi connectivity index (χ0v) is 10.5. The molecule has 1 atom stereocenters. The lowest BCUT2D eigenvalue weighted by Gasteiger charge is -2.12. The monoisotopic (exact) mass is 277 g/mol. The second-order valence-corrected chi connectivity index (χ2v) is 6.72. The molecule has 1 nitrogen and oxygen atoms in total. The van der Waals surface area contributed by atoms with Crippen LogP contribution < -0.4 is 5.32 Å². The Morgan fingerprint density at radius 3 is 3.15 bits per heavy atom. The summed E-state index contributed by atoms with van der Waals surface area (Å²) in [5.74, 6) is 2.52. The normalized spacial score (nSPS) is 24.2. The Morgan fingerprint density at radius 1 is 1.46 bits per heavy atom. The highest BCUT2D eigenvalue weighted by Gasteiger charge is 2.15. The van der Waals surface area contributed by atoms with Gasteiger partial charge in [0.05, 0.1) is 9.83 Å². The van der Waals surface area contributed by atoms with Crippen molar-refractivity contribution in [3.63, 3.8) is 0 Å². The van der Waals surface area contributed by atoms with Gasteiger partial charge in [-0.1, -0.05) is 0 Å². The maximum atomic E-state index is 3.58. The Labute approximate surface area is 95.4 Å². The fraction of sp³-hybridized carbons (Fsp3) is 0.556. The average molecular weight is 278 g/mol. The zero-order chi connectivity index (χ0) is 9.10. The first kappa shape index (κ1) is 10.0. The van der Waals surface area contributed by atoms with Crippen LogP contribution in [0.4, 0.5) is 0 Å². The molecule has 1 saturated heterocycles. The van der Waals surface area contributed by atoms with Crippen molar-refractivity contribution in [3.05, 3.63) is 20.8 Å². The van der Waals surface area contributed by atoms with Gasteiger partial charge in [-0.05, 0) is 46.8 Å². The van der Waals surface area contributed by atoms with E-state index in [9.17, 15) is 0 Å². The number of hydrogen-bond acceptors (Lipinski definition) is 3. The van der Waals surface area contributed by atoms with E-state index >= 15 is 0 Å². The Bertz CT molecular complexity index is 266. The molecule has 0 amide bonds. The fourth-order valence-corrected chi connectivity index (χ4v) is 4.06. The van der Waals surface area contributed by atoms with Crippen LogP contribution in [0.2, 0.25) is 0 Å². The van der Waals surface area contributed by atoms with Gasteiger partial charge in [0.1, 0.15) is 0 Å². The molecule has 13 heavy (non-hydrogen) atoms. The molecule has 0 spiro atoms. The van der Waals surface area contributed by atoms with Crippen molar-refractivity contribution in [1.29, 1.82) is 0 Å². The molecule has 72 valence electrons. The lowest BCUT2D eigenvalue weighted by molar-refractivity contribution is 0.597. The van der Waals surface area contributed by atoms with Gasteiger partial charge >= 0.3 is 0 Å². The molecule has 1 N–H and O–H groups in total. The van der Waals surface area contributed by atoms with E-state index in [0.29, 0.717) is 6.04 Å². The summed E-state index contributed by atoms with van der Waals surface area (Å²) in [5, 5.41) is 3.58. The van der Waals surface area contributed by atoms with Crippen LogP contribution >= 0.6 is 39.0 Å². The smallest absolute Gasteiger partial charge is 0.0701 e. The molecule has 1 aromatic heterocycles. The molecule has 1 aliphatic heterocycles. The zero-order valence-electron chi connectivity index (χ0n) is 7.25. The van der Waals surface area contributed by atoms with Gasteiger partial charge < -0.3 is 5.32 Å². The fourth-order valence-electron chi connectivity index (χ4n) is 1.41. The van der Waals surface area contributed by atoms with Crippen LogP contribution in [-0.4, -0.2) is 18.1 Å². The standard InChI is InChI=1S/C9H12BrNS2/c10-9-3-2-8(13-9)7-6-12-5-1-4-11-7/h2-3,7,11H,1,4-6H2. The number of nitrogens with one attached hydrogen (secondary N) is 1. The number of rotatable bonds is 1. The van der Waals surface area contributed by atoms with Crippen LogP contribution in [0.15, 0.2) is 15.9 Å². The molecular formula is C9H12BrNS2. The quantitative estimate of drug-likeness (QED) is 0.846. The van der Waals surface area contributed by atoms with Crippen LogP contribution in [0, 0.1) is 0 Å². The average Bonchev–Trinajstić information content (AvgIpc) is 2.43. The molecule has 0 saturated carbocycles. The molecule has 0 radical (unpaired) electrons. The lowest BCUT2D eigenvalue weighted by Crippen LogP contribution is -2.21. The molecule has 1 fully saturated rings. The molecule has 4 heteroatoms. The summed E-state index contributed by atoms with van der Waals surface area (Å²) in [6, 6.07) is 4.93. The minimum atomic E-state index is 0.573. The van der Waals surface area contributed by atoms with Gasteiger partial charge in [-0.15, -0.1) is 11.3 Å². The van der Waals surface area contributed by atoms with Crippen molar-refractivity contribution in [3.8, 4) is 0 Å². The van der Waals surface area contributed by atoms with Gasteiger partial charge in [0.25, 0.3) is 0 Å². The topological polar surface area (TPSA) is 12.0 Å². The maximum absolute atomic E-state index is 3.58. The summed E-state index contributed by atoms with van der Waals surface area (Å²) in [6.07, 6.45) is 1.30. The first-order valence-corrected chi connectivity index (χ1v) is 7.19. The number of halogens is 1. The number of thiophene rings is 1. The molecule has 0 aromatic carbocycles. The largest absolute Gasteiger partial charge is 0.309 e. The summed E-state index contributed by atoms with van der Waals surface area (Å²) < 4.78 is 1.23.